The molecule has 0 unspecified atom stereocenters. The molecule has 1 amide bonds. The van der Waals surface area contributed by atoms with Crippen molar-refractivity contribution < 1.29 is 14.3 Å². The van der Waals surface area contributed by atoms with Gasteiger partial charge in [-0.3, -0.25) is 9.59 Å². The van der Waals surface area contributed by atoms with Crippen LogP contribution in [0.5, 0.6) is 0 Å². The second-order valence-electron chi connectivity index (χ2n) is 5.90. The van der Waals surface area contributed by atoms with Crippen LogP contribution in [0, 0.1) is 0 Å². The highest BCUT2D eigenvalue weighted by Gasteiger charge is 2.16. The number of ether oxygens (including phenoxy) is 1. The first-order valence-electron chi connectivity index (χ1n) is 8.25. The van der Waals surface area contributed by atoms with Gasteiger partial charge in [0.05, 0.1) is 19.4 Å². The Morgan fingerprint density at radius 3 is 2.33 bits per heavy atom. The van der Waals surface area contributed by atoms with Crippen LogP contribution >= 0.6 is 11.6 Å². The third-order valence-corrected chi connectivity index (χ3v) is 3.80. The predicted octanol–water partition coefficient (Wildman–Crippen LogP) is 2.62. The highest BCUT2D eigenvalue weighted by molar-refractivity contribution is 6.30. The molecule has 1 rings (SSSR count). The van der Waals surface area contributed by atoms with Crippen LogP contribution < -0.4 is 0 Å². The smallest absolute Gasteiger partial charge is 0.307 e. The van der Waals surface area contributed by atoms with Gasteiger partial charge in [0, 0.05) is 18.1 Å². The lowest BCUT2D eigenvalue weighted by molar-refractivity contribution is -0.144. The molecule has 0 bridgehead atoms. The van der Waals surface area contributed by atoms with Crippen molar-refractivity contribution in [2.75, 3.05) is 40.3 Å². The molecule has 5 nitrogen and oxygen atoms in total. The first kappa shape index (κ1) is 20.5. The van der Waals surface area contributed by atoms with E-state index in [-0.39, 0.29) is 18.3 Å². The van der Waals surface area contributed by atoms with Gasteiger partial charge in [-0.25, -0.2) is 0 Å². The molecule has 6 heteroatoms. The molecule has 0 N–H and O–H groups in total. The van der Waals surface area contributed by atoms with Crippen molar-refractivity contribution in [2.24, 2.45) is 0 Å². The van der Waals surface area contributed by atoms with E-state index in [9.17, 15) is 9.59 Å². The van der Waals surface area contributed by atoms with Crippen LogP contribution in [0.1, 0.15) is 25.3 Å². The number of nitrogens with zero attached hydrogens (tertiary/aromatic N) is 2. The molecular weight excluding hydrogens is 328 g/mol. The standard InChI is InChI=1S/C18H27ClN2O3/c1-4-24-18(23)10-13-21(12-5-11-20(2)3)17(22)14-15-6-8-16(19)9-7-15/h6-9H,4-5,10-14H2,1-3H3. The Kier molecular flexibility index (Phi) is 9.42. The van der Waals surface area contributed by atoms with Gasteiger partial charge in [0.15, 0.2) is 0 Å². The van der Waals surface area contributed by atoms with E-state index >= 15 is 0 Å². The summed E-state index contributed by atoms with van der Waals surface area (Å²) >= 11 is 5.87. The van der Waals surface area contributed by atoms with E-state index in [4.69, 9.17) is 16.3 Å². The normalized spacial score (nSPS) is 10.7. The summed E-state index contributed by atoms with van der Waals surface area (Å²) in [6.07, 6.45) is 1.40. The average Bonchev–Trinajstić information content (AvgIpc) is 2.52. The van der Waals surface area contributed by atoms with Crippen LogP contribution in [0.25, 0.3) is 0 Å². The minimum absolute atomic E-state index is 0.0142. The third-order valence-electron chi connectivity index (χ3n) is 3.55. The van der Waals surface area contributed by atoms with Gasteiger partial charge in [0.25, 0.3) is 0 Å². The molecule has 0 aliphatic carbocycles. The summed E-state index contributed by atoms with van der Waals surface area (Å²) in [5, 5.41) is 0.649. The highest BCUT2D eigenvalue weighted by Crippen LogP contribution is 2.11. The summed E-state index contributed by atoms with van der Waals surface area (Å²) in [7, 11) is 4.00. The number of esters is 1. The number of hydrogen-bond donors (Lipinski definition) is 0. The maximum absolute atomic E-state index is 12.6. The van der Waals surface area contributed by atoms with Gasteiger partial charge in [-0.2, -0.15) is 0 Å². The molecule has 0 saturated heterocycles. The molecule has 0 saturated carbocycles. The molecule has 0 spiro atoms. The number of benzene rings is 1. The lowest BCUT2D eigenvalue weighted by atomic mass is 10.1. The van der Waals surface area contributed by atoms with Gasteiger partial charge in [-0.05, 0) is 51.7 Å². The fourth-order valence-electron chi connectivity index (χ4n) is 2.29. The predicted molar refractivity (Wildman–Crippen MR) is 96.2 cm³/mol. The van der Waals surface area contributed by atoms with Gasteiger partial charge in [0.2, 0.25) is 5.91 Å². The minimum atomic E-state index is -0.269. The van der Waals surface area contributed by atoms with Gasteiger partial charge in [-0.15, -0.1) is 0 Å². The SMILES string of the molecule is CCOC(=O)CCN(CCCN(C)C)C(=O)Cc1ccc(Cl)cc1. The Balaban J connectivity index is 2.61. The first-order chi connectivity index (χ1) is 11.4. The van der Waals surface area contributed by atoms with Gasteiger partial charge in [-0.1, -0.05) is 23.7 Å². The van der Waals surface area contributed by atoms with Crippen molar-refractivity contribution in [3.05, 3.63) is 34.9 Å². The van der Waals surface area contributed by atoms with Crippen molar-refractivity contribution in [1.82, 2.24) is 9.80 Å². The van der Waals surface area contributed by atoms with Crippen molar-refractivity contribution in [1.29, 1.82) is 0 Å². The Hall–Kier alpha value is -1.59. The van der Waals surface area contributed by atoms with Crippen LogP contribution in [0.2, 0.25) is 5.02 Å². The zero-order valence-electron chi connectivity index (χ0n) is 14.8. The summed E-state index contributed by atoms with van der Waals surface area (Å²) < 4.78 is 4.95. The van der Waals surface area contributed by atoms with Crippen molar-refractivity contribution in [2.45, 2.75) is 26.2 Å². The molecule has 0 aliphatic rings. The summed E-state index contributed by atoms with van der Waals surface area (Å²) in [5.74, 6) is -0.255. The number of rotatable bonds is 10. The van der Waals surface area contributed by atoms with E-state index < -0.39 is 0 Å². The van der Waals surface area contributed by atoms with Crippen molar-refractivity contribution >= 4 is 23.5 Å². The van der Waals surface area contributed by atoms with Crippen LogP contribution in [0.4, 0.5) is 0 Å². The molecule has 0 atom stereocenters. The van der Waals surface area contributed by atoms with Crippen LogP contribution in [0.15, 0.2) is 24.3 Å². The monoisotopic (exact) mass is 354 g/mol. The number of halogens is 1. The van der Waals surface area contributed by atoms with Crippen LogP contribution in [0.3, 0.4) is 0 Å². The molecule has 0 aromatic heterocycles. The first-order valence-corrected chi connectivity index (χ1v) is 8.62. The number of hydrogen-bond acceptors (Lipinski definition) is 4. The molecule has 1 aromatic rings. The van der Waals surface area contributed by atoms with Crippen LogP contribution in [-0.4, -0.2) is 62.0 Å². The molecule has 0 radical (unpaired) electrons. The Bertz CT molecular complexity index is 518. The summed E-state index contributed by atoms with van der Waals surface area (Å²) in [6, 6.07) is 7.26. The molecule has 24 heavy (non-hydrogen) atoms. The lowest BCUT2D eigenvalue weighted by Crippen LogP contribution is -2.36. The molecular formula is C18H27ClN2O3. The Morgan fingerprint density at radius 1 is 1.08 bits per heavy atom. The Labute approximate surface area is 149 Å². The second kappa shape index (κ2) is 11.0. The maximum Gasteiger partial charge on any atom is 0.307 e. The fraction of sp³-hybridized carbons (Fsp3) is 0.556. The minimum Gasteiger partial charge on any atom is -0.466 e. The lowest BCUT2D eigenvalue weighted by Gasteiger charge is -2.23. The van der Waals surface area contributed by atoms with E-state index in [1.54, 1.807) is 24.0 Å². The molecule has 0 heterocycles. The summed E-state index contributed by atoms with van der Waals surface area (Å²) in [5.41, 5.74) is 0.915. The molecule has 1 aromatic carbocycles. The molecule has 134 valence electrons. The fourth-order valence-corrected chi connectivity index (χ4v) is 2.41. The summed E-state index contributed by atoms with van der Waals surface area (Å²) in [4.78, 5) is 28.0. The zero-order chi connectivity index (χ0) is 17.9. The van der Waals surface area contributed by atoms with E-state index in [1.807, 2.05) is 26.2 Å². The Morgan fingerprint density at radius 2 is 1.75 bits per heavy atom. The topological polar surface area (TPSA) is 49.9 Å². The maximum atomic E-state index is 12.6. The molecule has 0 aliphatic heterocycles. The zero-order valence-corrected chi connectivity index (χ0v) is 15.5. The number of carbonyl (C=O) groups excluding carboxylic acids is 2. The highest BCUT2D eigenvalue weighted by atomic mass is 35.5. The van der Waals surface area contributed by atoms with E-state index in [1.165, 1.54) is 0 Å². The quantitative estimate of drug-likeness (QED) is 0.606. The van der Waals surface area contributed by atoms with Crippen LogP contribution in [-0.2, 0) is 20.7 Å². The van der Waals surface area contributed by atoms with Gasteiger partial charge >= 0.3 is 5.97 Å². The van der Waals surface area contributed by atoms with Crippen molar-refractivity contribution in [3.8, 4) is 0 Å². The second-order valence-corrected chi connectivity index (χ2v) is 6.33. The number of amides is 1. The van der Waals surface area contributed by atoms with E-state index in [0.29, 0.717) is 31.1 Å². The van der Waals surface area contributed by atoms with E-state index in [0.717, 1.165) is 18.5 Å². The van der Waals surface area contributed by atoms with Gasteiger partial charge in [0.1, 0.15) is 0 Å². The number of carbonyl (C=O) groups is 2. The van der Waals surface area contributed by atoms with E-state index in [2.05, 4.69) is 4.90 Å². The summed E-state index contributed by atoms with van der Waals surface area (Å²) in [6.45, 7) is 4.05. The van der Waals surface area contributed by atoms with Gasteiger partial charge < -0.3 is 14.5 Å². The third kappa shape index (κ3) is 8.31. The van der Waals surface area contributed by atoms with Crippen molar-refractivity contribution in [3.63, 3.8) is 0 Å². The molecule has 0 fully saturated rings. The largest absolute Gasteiger partial charge is 0.466 e. The average molecular weight is 355 g/mol.